The third-order valence-corrected chi connectivity index (χ3v) is 17.2. The normalized spacial score (nSPS) is 13.8. The lowest BCUT2D eigenvalue weighted by molar-refractivity contribution is -0.870. The van der Waals surface area contributed by atoms with E-state index in [1.807, 2.05) is 21.1 Å². The van der Waals surface area contributed by atoms with Crippen molar-refractivity contribution in [3.63, 3.8) is 0 Å². The quantitative estimate of drug-likeness (QED) is 0.0272. The van der Waals surface area contributed by atoms with E-state index in [1.165, 1.54) is 289 Å². The molecule has 3 unspecified atom stereocenters. The first-order valence-electron chi connectivity index (χ1n) is 34.7. The largest absolute Gasteiger partial charge is 0.756 e. The molecule has 0 fully saturated rings. The van der Waals surface area contributed by atoms with Gasteiger partial charge in [0, 0.05) is 6.42 Å². The van der Waals surface area contributed by atoms with Crippen molar-refractivity contribution >= 4 is 13.7 Å². The standard InChI is InChI=1S/C69H137N2O6P/c1-6-8-10-12-14-16-18-20-22-24-26-28-29-30-31-32-33-34-35-36-37-38-39-40-41-43-45-47-49-51-53-55-57-59-61-63-69(73)70-67(66-77-78(74,75)76-65-64-71(3,4)5)68(72)62-60-58-56-54-52-50-48-46-44-42-27-25-23-21-19-17-15-13-11-9-7-2/h29-30,32-33,67-68,72H,6-28,31,34-66H2,1-5H3,(H-,70,73,74,75)/b30-29-,33-32-. The summed E-state index contributed by atoms with van der Waals surface area (Å²) in [5.74, 6) is -0.157. The van der Waals surface area contributed by atoms with Crippen LogP contribution in [-0.2, 0) is 18.4 Å². The summed E-state index contributed by atoms with van der Waals surface area (Å²) in [7, 11) is 1.32. The van der Waals surface area contributed by atoms with Crippen molar-refractivity contribution in [3.8, 4) is 0 Å². The minimum Gasteiger partial charge on any atom is -0.756 e. The molecular formula is C69H137N2O6P. The van der Waals surface area contributed by atoms with Gasteiger partial charge in [-0.05, 0) is 44.9 Å². The van der Waals surface area contributed by atoms with Crippen molar-refractivity contribution in [2.45, 2.75) is 373 Å². The van der Waals surface area contributed by atoms with Gasteiger partial charge in [0.15, 0.2) is 0 Å². The van der Waals surface area contributed by atoms with Crippen molar-refractivity contribution in [2.24, 2.45) is 0 Å². The summed E-state index contributed by atoms with van der Waals surface area (Å²) in [6, 6.07) is -0.800. The van der Waals surface area contributed by atoms with Gasteiger partial charge in [0.05, 0.1) is 39.9 Å². The average Bonchev–Trinajstić information content (AvgIpc) is 3.41. The van der Waals surface area contributed by atoms with Crippen LogP contribution < -0.4 is 10.2 Å². The number of allylic oxidation sites excluding steroid dienone is 4. The molecule has 2 N–H and O–H groups in total. The predicted octanol–water partition coefficient (Wildman–Crippen LogP) is 21.3. The molecule has 78 heavy (non-hydrogen) atoms. The molecule has 0 saturated heterocycles. The van der Waals surface area contributed by atoms with E-state index in [4.69, 9.17) is 9.05 Å². The Hall–Kier alpha value is -1.02. The monoisotopic (exact) mass is 1120 g/mol. The lowest BCUT2D eigenvalue weighted by Crippen LogP contribution is -2.46. The minimum absolute atomic E-state index is 0.0147. The highest BCUT2D eigenvalue weighted by molar-refractivity contribution is 7.45. The van der Waals surface area contributed by atoms with Crippen LogP contribution in [0.3, 0.4) is 0 Å². The van der Waals surface area contributed by atoms with Crippen LogP contribution in [0.5, 0.6) is 0 Å². The van der Waals surface area contributed by atoms with Crippen LogP contribution in [0.4, 0.5) is 0 Å². The van der Waals surface area contributed by atoms with Gasteiger partial charge in [-0.1, -0.05) is 334 Å². The summed E-state index contributed by atoms with van der Waals surface area (Å²) in [4.78, 5) is 25.6. The molecule has 0 aromatic heterocycles. The van der Waals surface area contributed by atoms with Gasteiger partial charge in [0.1, 0.15) is 13.2 Å². The van der Waals surface area contributed by atoms with E-state index >= 15 is 0 Å². The first-order chi connectivity index (χ1) is 38.0. The number of nitrogens with one attached hydrogen (secondary N) is 1. The highest BCUT2D eigenvalue weighted by Gasteiger charge is 2.24. The smallest absolute Gasteiger partial charge is 0.268 e. The molecule has 0 spiro atoms. The van der Waals surface area contributed by atoms with Crippen LogP contribution in [0, 0.1) is 0 Å². The van der Waals surface area contributed by atoms with E-state index < -0.39 is 20.0 Å². The Bertz CT molecular complexity index is 1320. The van der Waals surface area contributed by atoms with Gasteiger partial charge < -0.3 is 28.8 Å². The molecule has 0 heterocycles. The molecule has 9 heteroatoms. The molecular weight excluding hydrogens is 984 g/mol. The van der Waals surface area contributed by atoms with E-state index in [2.05, 4.69) is 43.5 Å². The fraction of sp³-hybridized carbons (Fsp3) is 0.928. The number of carbonyl (C=O) groups is 1. The zero-order valence-corrected chi connectivity index (χ0v) is 54.0. The van der Waals surface area contributed by atoms with Gasteiger partial charge in [-0.2, -0.15) is 0 Å². The van der Waals surface area contributed by atoms with Gasteiger partial charge >= 0.3 is 0 Å². The summed E-state index contributed by atoms with van der Waals surface area (Å²) in [5.41, 5.74) is 0. The number of aliphatic hydroxyl groups is 1. The highest BCUT2D eigenvalue weighted by atomic mass is 31.2. The van der Waals surface area contributed by atoms with E-state index in [0.29, 0.717) is 23.9 Å². The Morgan fingerprint density at radius 2 is 0.744 bits per heavy atom. The third kappa shape index (κ3) is 62.6. The SMILES string of the molecule is CCCCCCCCCCCCC/C=C\C/C=C\CCCCCCCCCCCCCCCCCCCC(=O)NC(COP(=O)([O-])OCC[N+](C)(C)C)C(O)CCCCCCCCCCCCCCCCCCCCCCC. The van der Waals surface area contributed by atoms with E-state index in [1.54, 1.807) is 0 Å². The van der Waals surface area contributed by atoms with Gasteiger partial charge in [0.2, 0.25) is 5.91 Å². The van der Waals surface area contributed by atoms with Crippen LogP contribution in [0.15, 0.2) is 24.3 Å². The summed E-state index contributed by atoms with van der Waals surface area (Å²) < 4.78 is 23.5. The first-order valence-corrected chi connectivity index (χ1v) is 36.1. The predicted molar refractivity (Wildman–Crippen MR) is 339 cm³/mol. The van der Waals surface area contributed by atoms with Crippen LogP contribution in [-0.4, -0.2) is 68.5 Å². The number of likely N-dealkylation sites (N-methyl/N-ethyl adjacent to an activating group) is 1. The zero-order chi connectivity index (χ0) is 57.0. The molecule has 464 valence electrons. The van der Waals surface area contributed by atoms with Gasteiger partial charge in [0.25, 0.3) is 7.82 Å². The summed E-state index contributed by atoms with van der Waals surface area (Å²) >= 11 is 0. The lowest BCUT2D eigenvalue weighted by Gasteiger charge is -2.30. The molecule has 0 saturated carbocycles. The first kappa shape index (κ1) is 77.0. The van der Waals surface area contributed by atoms with Crippen molar-refractivity contribution in [3.05, 3.63) is 24.3 Å². The second-order valence-corrected chi connectivity index (χ2v) is 26.7. The average molecular weight is 1120 g/mol. The van der Waals surface area contributed by atoms with E-state index in [9.17, 15) is 19.4 Å². The Kier molecular flexibility index (Phi) is 59.8. The molecule has 0 aliphatic heterocycles. The van der Waals surface area contributed by atoms with E-state index in [-0.39, 0.29) is 19.1 Å². The molecule has 0 rings (SSSR count). The molecule has 0 aliphatic carbocycles. The topological polar surface area (TPSA) is 108 Å². The third-order valence-electron chi connectivity index (χ3n) is 16.2. The van der Waals surface area contributed by atoms with Gasteiger partial charge in [-0.3, -0.25) is 9.36 Å². The Labute approximate surface area is 487 Å². The van der Waals surface area contributed by atoms with Crippen LogP contribution >= 0.6 is 7.82 Å². The maximum atomic E-state index is 13.0. The number of phosphoric acid groups is 1. The van der Waals surface area contributed by atoms with Crippen molar-refractivity contribution < 1.29 is 32.9 Å². The number of hydrogen-bond donors (Lipinski definition) is 2. The fourth-order valence-electron chi connectivity index (χ4n) is 10.8. The van der Waals surface area contributed by atoms with Gasteiger partial charge in [-0.15, -0.1) is 0 Å². The maximum absolute atomic E-state index is 13.0. The summed E-state index contributed by atoms with van der Waals surface area (Å²) in [6.07, 6.45) is 78.2. The number of nitrogens with zero attached hydrogens (tertiary/aromatic N) is 1. The highest BCUT2D eigenvalue weighted by Crippen LogP contribution is 2.38. The number of hydrogen-bond acceptors (Lipinski definition) is 6. The molecule has 3 atom stereocenters. The zero-order valence-electron chi connectivity index (χ0n) is 53.2. The number of quaternary nitrogens is 1. The fourth-order valence-corrected chi connectivity index (χ4v) is 11.5. The van der Waals surface area contributed by atoms with Crippen molar-refractivity contribution in [2.75, 3.05) is 40.9 Å². The van der Waals surface area contributed by atoms with Crippen LogP contribution in [0.2, 0.25) is 0 Å². The second kappa shape index (κ2) is 60.6. The molecule has 0 bridgehead atoms. The Morgan fingerprint density at radius 3 is 1.06 bits per heavy atom. The Morgan fingerprint density at radius 1 is 0.449 bits per heavy atom. The number of rotatable bonds is 65. The number of unbranched alkanes of at least 4 members (excludes halogenated alkanes) is 48. The number of phosphoric ester groups is 1. The number of aliphatic hydroxyl groups excluding tert-OH is 1. The van der Waals surface area contributed by atoms with Crippen LogP contribution in [0.25, 0.3) is 0 Å². The Balaban J connectivity index is 3.97. The molecule has 1 amide bonds. The van der Waals surface area contributed by atoms with Gasteiger partial charge in [-0.25, -0.2) is 0 Å². The van der Waals surface area contributed by atoms with Crippen molar-refractivity contribution in [1.29, 1.82) is 0 Å². The number of amides is 1. The maximum Gasteiger partial charge on any atom is 0.268 e. The summed E-state index contributed by atoms with van der Waals surface area (Å²) in [6.45, 7) is 4.78. The lowest BCUT2D eigenvalue weighted by atomic mass is 10.0. The van der Waals surface area contributed by atoms with Crippen LogP contribution in [0.1, 0.15) is 361 Å². The molecule has 0 aromatic rings. The molecule has 0 aliphatic rings. The van der Waals surface area contributed by atoms with Crippen molar-refractivity contribution in [1.82, 2.24) is 5.32 Å². The second-order valence-electron chi connectivity index (χ2n) is 25.2. The number of carbonyl (C=O) groups excluding carboxylic acids is 1. The molecule has 8 nitrogen and oxygen atoms in total. The van der Waals surface area contributed by atoms with E-state index in [0.717, 1.165) is 44.9 Å². The summed E-state index contributed by atoms with van der Waals surface area (Å²) in [5, 5.41) is 14.1. The minimum atomic E-state index is -4.58. The molecule has 0 radical (unpaired) electrons. The molecule has 0 aromatic carbocycles.